The Bertz CT molecular complexity index is 577. The monoisotopic (exact) mass is 271 g/mol. The van der Waals surface area contributed by atoms with Gasteiger partial charge in [0.2, 0.25) is 0 Å². The summed E-state index contributed by atoms with van der Waals surface area (Å²) in [6.07, 6.45) is 1.05. The van der Waals surface area contributed by atoms with Crippen LogP contribution in [0.5, 0.6) is 0 Å². The summed E-state index contributed by atoms with van der Waals surface area (Å²) < 4.78 is 13.5. The van der Waals surface area contributed by atoms with Gasteiger partial charge in [-0.1, -0.05) is 42.8 Å². The van der Waals surface area contributed by atoms with Crippen molar-refractivity contribution in [3.05, 3.63) is 70.5 Å². The predicted molar refractivity (Wildman–Crippen MR) is 82.5 cm³/mol. The molecule has 0 amide bonds. The Morgan fingerprint density at radius 1 is 1.10 bits per heavy atom. The van der Waals surface area contributed by atoms with Crippen molar-refractivity contribution in [1.29, 1.82) is 0 Å². The summed E-state index contributed by atoms with van der Waals surface area (Å²) in [6, 6.07) is 13.3. The molecule has 0 fully saturated rings. The highest BCUT2D eigenvalue weighted by atomic mass is 19.1. The van der Waals surface area contributed by atoms with Gasteiger partial charge in [0.1, 0.15) is 5.82 Å². The van der Waals surface area contributed by atoms with Crippen LogP contribution in [0.3, 0.4) is 0 Å². The van der Waals surface area contributed by atoms with E-state index < -0.39 is 0 Å². The molecule has 2 aromatic rings. The molecule has 0 aliphatic rings. The quantitative estimate of drug-likeness (QED) is 0.842. The Morgan fingerprint density at radius 3 is 2.60 bits per heavy atom. The number of hydrogen-bond acceptors (Lipinski definition) is 1. The summed E-state index contributed by atoms with van der Waals surface area (Å²) in [5, 5.41) is 3.53. The van der Waals surface area contributed by atoms with E-state index in [0.717, 1.165) is 18.5 Å². The van der Waals surface area contributed by atoms with Crippen molar-refractivity contribution in [2.75, 3.05) is 6.54 Å². The first kappa shape index (κ1) is 14.7. The fourth-order valence-corrected chi connectivity index (χ4v) is 2.45. The summed E-state index contributed by atoms with van der Waals surface area (Å²) in [4.78, 5) is 0. The summed E-state index contributed by atoms with van der Waals surface area (Å²) in [7, 11) is 0. The molecule has 20 heavy (non-hydrogen) atoms. The van der Waals surface area contributed by atoms with E-state index in [1.54, 1.807) is 12.1 Å². The molecule has 0 spiro atoms. The Hall–Kier alpha value is -1.67. The number of halogens is 1. The van der Waals surface area contributed by atoms with Crippen LogP contribution in [0.4, 0.5) is 4.39 Å². The second kappa shape index (κ2) is 6.67. The van der Waals surface area contributed by atoms with Crippen LogP contribution < -0.4 is 5.32 Å². The first-order valence-electron chi connectivity index (χ1n) is 7.18. The maximum Gasteiger partial charge on any atom is 0.123 e. The van der Waals surface area contributed by atoms with Gasteiger partial charge in [-0.15, -0.1) is 0 Å². The van der Waals surface area contributed by atoms with Crippen molar-refractivity contribution in [2.45, 2.75) is 33.2 Å². The van der Waals surface area contributed by atoms with Crippen LogP contribution in [0.25, 0.3) is 0 Å². The van der Waals surface area contributed by atoms with Crippen molar-refractivity contribution >= 4 is 0 Å². The zero-order chi connectivity index (χ0) is 14.5. The molecule has 0 saturated carbocycles. The lowest BCUT2D eigenvalue weighted by molar-refractivity contribution is 0.583. The molecule has 0 aliphatic heterocycles. The summed E-state index contributed by atoms with van der Waals surface area (Å²) in [5.41, 5.74) is 4.66. The topological polar surface area (TPSA) is 12.0 Å². The maximum atomic E-state index is 13.5. The Balaban J connectivity index is 2.44. The molecule has 1 N–H and O–H groups in total. The van der Waals surface area contributed by atoms with Crippen LogP contribution >= 0.6 is 0 Å². The van der Waals surface area contributed by atoms with Gasteiger partial charge in [-0.3, -0.25) is 0 Å². The van der Waals surface area contributed by atoms with Crippen molar-refractivity contribution in [2.24, 2.45) is 0 Å². The van der Waals surface area contributed by atoms with Gasteiger partial charge in [0.15, 0.2) is 0 Å². The molecule has 0 aliphatic carbocycles. The molecule has 1 atom stereocenters. The molecule has 0 saturated heterocycles. The number of hydrogen-bond donors (Lipinski definition) is 1. The highest BCUT2D eigenvalue weighted by Crippen LogP contribution is 2.26. The average Bonchev–Trinajstić information content (AvgIpc) is 2.43. The zero-order valence-electron chi connectivity index (χ0n) is 12.4. The van der Waals surface area contributed by atoms with Crippen LogP contribution in [-0.4, -0.2) is 6.54 Å². The van der Waals surface area contributed by atoms with Crippen LogP contribution in [0, 0.1) is 19.7 Å². The fourth-order valence-electron chi connectivity index (χ4n) is 2.45. The molecular weight excluding hydrogens is 249 g/mol. The van der Waals surface area contributed by atoms with E-state index in [2.05, 4.69) is 44.3 Å². The number of aryl methyl sites for hydroxylation is 2. The van der Waals surface area contributed by atoms with E-state index in [-0.39, 0.29) is 11.9 Å². The summed E-state index contributed by atoms with van der Waals surface area (Å²) in [5.74, 6) is -0.184. The fraction of sp³-hybridized carbons (Fsp3) is 0.333. The third-order valence-electron chi connectivity index (χ3n) is 3.53. The van der Waals surface area contributed by atoms with Gasteiger partial charge in [0.25, 0.3) is 0 Å². The van der Waals surface area contributed by atoms with Gasteiger partial charge in [0.05, 0.1) is 6.04 Å². The van der Waals surface area contributed by atoms with Crippen molar-refractivity contribution < 1.29 is 4.39 Å². The first-order chi connectivity index (χ1) is 9.61. The largest absolute Gasteiger partial charge is 0.306 e. The molecular formula is C18H22FN. The minimum absolute atomic E-state index is 0.0468. The molecule has 0 bridgehead atoms. The molecule has 2 aromatic carbocycles. The van der Waals surface area contributed by atoms with Crippen LogP contribution in [0.15, 0.2) is 42.5 Å². The Labute approximate surface area is 120 Å². The second-order valence-electron chi connectivity index (χ2n) is 5.30. The smallest absolute Gasteiger partial charge is 0.123 e. The van der Waals surface area contributed by atoms with Crippen molar-refractivity contribution in [1.82, 2.24) is 5.32 Å². The maximum absolute atomic E-state index is 13.5. The normalized spacial score (nSPS) is 12.4. The zero-order valence-corrected chi connectivity index (χ0v) is 12.4. The lowest BCUT2D eigenvalue weighted by atomic mass is 9.93. The third kappa shape index (κ3) is 3.45. The van der Waals surface area contributed by atoms with Crippen molar-refractivity contribution in [3.63, 3.8) is 0 Å². The van der Waals surface area contributed by atoms with Gasteiger partial charge < -0.3 is 5.32 Å². The summed E-state index contributed by atoms with van der Waals surface area (Å²) >= 11 is 0. The minimum Gasteiger partial charge on any atom is -0.306 e. The van der Waals surface area contributed by atoms with E-state index in [0.29, 0.717) is 0 Å². The molecule has 0 aromatic heterocycles. The highest BCUT2D eigenvalue weighted by Gasteiger charge is 2.16. The van der Waals surface area contributed by atoms with Gasteiger partial charge in [0, 0.05) is 0 Å². The van der Waals surface area contributed by atoms with E-state index in [1.807, 2.05) is 6.07 Å². The SMILES string of the molecule is CCCNC(c1cccc(F)c1)c1cc(C)ccc1C. The molecule has 1 unspecified atom stereocenters. The van der Waals surface area contributed by atoms with E-state index in [4.69, 9.17) is 0 Å². The van der Waals surface area contributed by atoms with Gasteiger partial charge in [-0.2, -0.15) is 0 Å². The molecule has 106 valence electrons. The molecule has 0 heterocycles. The predicted octanol–water partition coefficient (Wildman–Crippen LogP) is 4.53. The lowest BCUT2D eigenvalue weighted by Gasteiger charge is -2.22. The van der Waals surface area contributed by atoms with E-state index >= 15 is 0 Å². The van der Waals surface area contributed by atoms with Gasteiger partial charge in [-0.05, 0) is 55.6 Å². The van der Waals surface area contributed by atoms with Gasteiger partial charge in [-0.25, -0.2) is 4.39 Å². The van der Waals surface area contributed by atoms with Crippen LogP contribution in [0.2, 0.25) is 0 Å². The standard InChI is InChI=1S/C18H22FN/c1-4-10-20-18(15-6-5-7-16(19)12-15)17-11-13(2)8-9-14(17)3/h5-9,11-12,18,20H,4,10H2,1-3H3. The molecule has 1 nitrogen and oxygen atoms in total. The molecule has 0 radical (unpaired) electrons. The lowest BCUT2D eigenvalue weighted by Crippen LogP contribution is -2.24. The van der Waals surface area contributed by atoms with E-state index in [1.165, 1.54) is 22.8 Å². The van der Waals surface area contributed by atoms with Crippen LogP contribution in [-0.2, 0) is 0 Å². The number of rotatable bonds is 5. The first-order valence-corrected chi connectivity index (χ1v) is 7.18. The average molecular weight is 271 g/mol. The molecule has 2 heteroatoms. The Morgan fingerprint density at radius 2 is 1.90 bits per heavy atom. The number of benzene rings is 2. The second-order valence-corrected chi connectivity index (χ2v) is 5.30. The van der Waals surface area contributed by atoms with E-state index in [9.17, 15) is 4.39 Å². The van der Waals surface area contributed by atoms with Gasteiger partial charge >= 0.3 is 0 Å². The minimum atomic E-state index is -0.184. The molecule has 2 rings (SSSR count). The van der Waals surface area contributed by atoms with Crippen LogP contribution in [0.1, 0.15) is 41.6 Å². The highest BCUT2D eigenvalue weighted by molar-refractivity contribution is 5.39. The summed E-state index contributed by atoms with van der Waals surface area (Å²) in [6.45, 7) is 7.24. The number of nitrogens with one attached hydrogen (secondary N) is 1. The third-order valence-corrected chi connectivity index (χ3v) is 3.53. The Kier molecular flexibility index (Phi) is 4.91. The van der Waals surface area contributed by atoms with Crippen molar-refractivity contribution in [3.8, 4) is 0 Å².